The van der Waals surface area contributed by atoms with Crippen LogP contribution in [-0.2, 0) is 0 Å². The van der Waals surface area contributed by atoms with Crippen molar-refractivity contribution in [1.82, 2.24) is 4.98 Å². The number of benzene rings is 1. The lowest BCUT2D eigenvalue weighted by Gasteiger charge is -2.08. The molecule has 19 heavy (non-hydrogen) atoms. The van der Waals surface area contributed by atoms with Gasteiger partial charge in [-0.1, -0.05) is 0 Å². The molecular weight excluding hydrogens is 247 g/mol. The minimum absolute atomic E-state index is 0.301. The van der Waals surface area contributed by atoms with Crippen LogP contribution in [0.15, 0.2) is 36.5 Å². The highest BCUT2D eigenvalue weighted by molar-refractivity contribution is 6.04. The number of anilines is 1. The van der Waals surface area contributed by atoms with Crippen LogP contribution in [0, 0.1) is 12.9 Å². The zero-order valence-corrected chi connectivity index (χ0v) is 10.6. The molecule has 0 aliphatic carbocycles. The number of pyridine rings is 1. The average molecular weight is 260 g/mol. The molecule has 0 unspecified atom stereocenters. The summed E-state index contributed by atoms with van der Waals surface area (Å²) in [6, 6.07) is 7.84. The van der Waals surface area contributed by atoms with E-state index in [1.807, 2.05) is 6.92 Å². The van der Waals surface area contributed by atoms with E-state index < -0.39 is 5.95 Å². The normalized spacial score (nSPS) is 10.1. The lowest BCUT2D eigenvalue weighted by atomic mass is 10.2. The van der Waals surface area contributed by atoms with Gasteiger partial charge in [0.05, 0.1) is 12.7 Å². The van der Waals surface area contributed by atoms with Gasteiger partial charge in [0.1, 0.15) is 5.75 Å². The first kappa shape index (κ1) is 13.0. The van der Waals surface area contributed by atoms with E-state index in [1.165, 1.54) is 12.3 Å². The van der Waals surface area contributed by atoms with Crippen LogP contribution in [0.25, 0.3) is 0 Å². The van der Waals surface area contributed by atoms with E-state index in [0.717, 1.165) is 17.4 Å². The second-order valence-electron chi connectivity index (χ2n) is 4.01. The predicted octanol–water partition coefficient (Wildman–Crippen LogP) is 2.79. The first-order valence-corrected chi connectivity index (χ1v) is 5.67. The number of hydrogen-bond donors (Lipinski definition) is 1. The van der Waals surface area contributed by atoms with E-state index in [4.69, 9.17) is 4.74 Å². The minimum Gasteiger partial charge on any atom is -0.496 e. The van der Waals surface area contributed by atoms with Crippen molar-refractivity contribution >= 4 is 11.6 Å². The zero-order valence-electron chi connectivity index (χ0n) is 10.6. The topological polar surface area (TPSA) is 51.2 Å². The molecule has 1 aromatic carbocycles. The Kier molecular flexibility index (Phi) is 3.75. The highest BCUT2D eigenvalue weighted by atomic mass is 19.1. The maximum atomic E-state index is 12.7. The predicted molar refractivity (Wildman–Crippen MR) is 69.9 cm³/mol. The van der Waals surface area contributed by atoms with Crippen molar-refractivity contribution in [3.8, 4) is 5.75 Å². The number of aromatic nitrogens is 1. The van der Waals surface area contributed by atoms with Gasteiger partial charge in [-0.05, 0) is 42.8 Å². The maximum absolute atomic E-state index is 12.7. The smallest absolute Gasteiger partial charge is 0.257 e. The molecule has 0 saturated heterocycles. The van der Waals surface area contributed by atoms with Crippen LogP contribution in [0.2, 0.25) is 0 Å². The molecule has 1 heterocycles. The highest BCUT2D eigenvalue weighted by Crippen LogP contribution is 2.21. The molecule has 4 nitrogen and oxygen atoms in total. The summed E-state index contributed by atoms with van der Waals surface area (Å²) in [6.07, 6.45) is 1.20. The Morgan fingerprint density at radius 3 is 2.68 bits per heavy atom. The molecule has 0 spiro atoms. The van der Waals surface area contributed by atoms with Gasteiger partial charge in [0.2, 0.25) is 5.95 Å². The Morgan fingerprint density at radius 2 is 2.11 bits per heavy atom. The number of halogens is 1. The van der Waals surface area contributed by atoms with E-state index in [2.05, 4.69) is 10.3 Å². The van der Waals surface area contributed by atoms with Crippen LogP contribution in [0.5, 0.6) is 5.75 Å². The third-order valence-corrected chi connectivity index (χ3v) is 2.64. The molecule has 98 valence electrons. The van der Waals surface area contributed by atoms with Crippen molar-refractivity contribution in [3.05, 3.63) is 53.6 Å². The molecule has 0 bridgehead atoms. The fourth-order valence-corrected chi connectivity index (χ4v) is 1.67. The van der Waals surface area contributed by atoms with Gasteiger partial charge in [0.25, 0.3) is 5.91 Å². The third-order valence-electron chi connectivity index (χ3n) is 2.64. The monoisotopic (exact) mass is 260 g/mol. The fraction of sp³-hybridized carbons (Fsp3) is 0.143. The number of ether oxygens (including phenoxy) is 1. The van der Waals surface area contributed by atoms with Crippen molar-refractivity contribution in [2.24, 2.45) is 0 Å². The van der Waals surface area contributed by atoms with Gasteiger partial charge in [0, 0.05) is 11.9 Å². The van der Waals surface area contributed by atoms with Gasteiger partial charge in [-0.3, -0.25) is 4.79 Å². The van der Waals surface area contributed by atoms with Gasteiger partial charge < -0.3 is 10.1 Å². The van der Waals surface area contributed by atoms with Crippen LogP contribution in [-0.4, -0.2) is 18.0 Å². The Bertz CT molecular complexity index is 597. The number of rotatable bonds is 3. The summed E-state index contributed by atoms with van der Waals surface area (Å²) < 4.78 is 17.8. The first-order valence-electron chi connectivity index (χ1n) is 5.67. The second-order valence-corrected chi connectivity index (χ2v) is 4.01. The van der Waals surface area contributed by atoms with Crippen LogP contribution < -0.4 is 10.1 Å². The average Bonchev–Trinajstić information content (AvgIpc) is 2.39. The van der Waals surface area contributed by atoms with Crippen LogP contribution in [0.4, 0.5) is 10.1 Å². The Morgan fingerprint density at radius 1 is 1.32 bits per heavy atom. The molecule has 2 aromatic rings. The van der Waals surface area contributed by atoms with Crippen molar-refractivity contribution in [2.75, 3.05) is 12.4 Å². The van der Waals surface area contributed by atoms with E-state index in [0.29, 0.717) is 11.3 Å². The summed E-state index contributed by atoms with van der Waals surface area (Å²) in [5.41, 5.74) is 1.86. The molecule has 0 fully saturated rings. The standard InChI is InChI=1S/C14H13FN2O2/c1-9-7-11(4-5-12(9)19-2)17-14(18)10-3-6-13(15)16-8-10/h3-8H,1-2H3,(H,17,18). The number of nitrogens with zero attached hydrogens (tertiary/aromatic N) is 1. The molecule has 0 saturated carbocycles. The number of amides is 1. The quantitative estimate of drug-likeness (QED) is 0.863. The molecule has 5 heteroatoms. The number of methoxy groups -OCH3 is 1. The summed E-state index contributed by atoms with van der Waals surface area (Å²) in [6.45, 7) is 1.88. The Balaban J connectivity index is 2.14. The summed E-state index contributed by atoms with van der Waals surface area (Å²) >= 11 is 0. The summed E-state index contributed by atoms with van der Waals surface area (Å²) in [7, 11) is 1.59. The second kappa shape index (κ2) is 5.48. The number of hydrogen-bond acceptors (Lipinski definition) is 3. The molecule has 1 amide bonds. The van der Waals surface area contributed by atoms with Crippen molar-refractivity contribution in [1.29, 1.82) is 0 Å². The van der Waals surface area contributed by atoms with Gasteiger partial charge in [0.15, 0.2) is 0 Å². The summed E-state index contributed by atoms with van der Waals surface area (Å²) in [5, 5.41) is 2.71. The zero-order chi connectivity index (χ0) is 13.8. The number of aryl methyl sites for hydroxylation is 1. The SMILES string of the molecule is COc1ccc(NC(=O)c2ccc(F)nc2)cc1C. The maximum Gasteiger partial charge on any atom is 0.257 e. The Hall–Kier alpha value is -2.43. The van der Waals surface area contributed by atoms with Crippen LogP contribution in [0.1, 0.15) is 15.9 Å². The Labute approximate surface area is 110 Å². The molecule has 0 aliphatic rings. The lowest BCUT2D eigenvalue weighted by molar-refractivity contribution is 0.102. The van der Waals surface area contributed by atoms with Gasteiger partial charge in [-0.15, -0.1) is 0 Å². The lowest BCUT2D eigenvalue weighted by Crippen LogP contribution is -2.12. The number of nitrogens with one attached hydrogen (secondary N) is 1. The first-order chi connectivity index (χ1) is 9.10. The summed E-state index contributed by atoms with van der Waals surface area (Å²) in [5.74, 6) is -0.199. The minimum atomic E-state index is -0.614. The van der Waals surface area contributed by atoms with Gasteiger partial charge >= 0.3 is 0 Å². The molecule has 0 aliphatic heterocycles. The summed E-state index contributed by atoms with van der Waals surface area (Å²) in [4.78, 5) is 15.3. The molecular formula is C14H13FN2O2. The molecule has 0 atom stereocenters. The highest BCUT2D eigenvalue weighted by Gasteiger charge is 2.08. The van der Waals surface area contributed by atoms with E-state index in [1.54, 1.807) is 25.3 Å². The largest absolute Gasteiger partial charge is 0.496 e. The third kappa shape index (κ3) is 3.07. The van der Waals surface area contributed by atoms with E-state index in [-0.39, 0.29) is 5.91 Å². The van der Waals surface area contributed by atoms with E-state index >= 15 is 0 Å². The fourth-order valence-electron chi connectivity index (χ4n) is 1.67. The molecule has 1 aromatic heterocycles. The van der Waals surface area contributed by atoms with Crippen LogP contribution >= 0.6 is 0 Å². The van der Waals surface area contributed by atoms with Gasteiger partial charge in [-0.2, -0.15) is 4.39 Å². The number of carbonyl (C=O) groups excluding carboxylic acids is 1. The van der Waals surface area contributed by atoms with Crippen molar-refractivity contribution in [2.45, 2.75) is 6.92 Å². The van der Waals surface area contributed by atoms with Crippen LogP contribution in [0.3, 0.4) is 0 Å². The molecule has 1 N–H and O–H groups in total. The number of carbonyl (C=O) groups is 1. The molecule has 0 radical (unpaired) electrons. The van der Waals surface area contributed by atoms with E-state index in [9.17, 15) is 9.18 Å². The molecule has 2 rings (SSSR count). The van der Waals surface area contributed by atoms with Crippen molar-refractivity contribution < 1.29 is 13.9 Å². The van der Waals surface area contributed by atoms with Gasteiger partial charge in [-0.25, -0.2) is 4.98 Å². The van der Waals surface area contributed by atoms with Crippen molar-refractivity contribution in [3.63, 3.8) is 0 Å².